The van der Waals surface area contributed by atoms with Crippen LogP contribution in [0.25, 0.3) is 0 Å². The first-order valence-corrected chi connectivity index (χ1v) is 20.2. The van der Waals surface area contributed by atoms with Crippen molar-refractivity contribution < 1.29 is 28.9 Å². The van der Waals surface area contributed by atoms with Crippen molar-refractivity contribution >= 4 is 0 Å². The fourth-order valence-corrected chi connectivity index (χ4v) is 12.9. The van der Waals surface area contributed by atoms with Crippen LogP contribution in [0.1, 0.15) is 90.2 Å². The van der Waals surface area contributed by atoms with Crippen LogP contribution in [0.4, 0.5) is 0 Å². The Hall–Kier alpha value is -1.59. The number of hydrogen-bond donors (Lipinski definition) is 1. The Morgan fingerprint density at radius 3 is 1.22 bits per heavy atom. The van der Waals surface area contributed by atoms with Crippen LogP contribution in [0, 0.1) is 31.9 Å². The molecule has 2 aliphatic carbocycles. The summed E-state index contributed by atoms with van der Waals surface area (Å²) >= 11 is 0. The summed E-state index contributed by atoms with van der Waals surface area (Å²) in [5.41, 5.74) is 4.02. The maximum Gasteiger partial charge on any atom is 0.0777 e. The Balaban J connectivity index is 0.000000707. The fraction of sp³-hybridized carbons (Fsp3) is 0.700. The summed E-state index contributed by atoms with van der Waals surface area (Å²) < 4.78 is 32.7. The number of rotatable bonds is 8. The predicted octanol–water partition coefficient (Wildman–Crippen LogP) is 3.17. The summed E-state index contributed by atoms with van der Waals surface area (Å²) in [6.07, 6.45) is 11.0. The number of hydrogen-bond acceptors (Lipinski definition) is 8. The average Bonchev–Trinajstić information content (AvgIpc) is 3.25. The molecule has 6 aliphatic rings. The first kappa shape index (κ1) is 35.8. The van der Waals surface area contributed by atoms with Gasteiger partial charge in [-0.05, 0) is 86.7 Å². The number of fused-ring (bicyclic) bond motifs is 2. The molecule has 4 saturated heterocycles. The summed E-state index contributed by atoms with van der Waals surface area (Å²) in [4.78, 5) is 12.1. The highest BCUT2D eigenvalue weighted by atomic mass is 35.7. The summed E-state index contributed by atoms with van der Waals surface area (Å²) in [6.45, 7) is 21.0. The van der Waals surface area contributed by atoms with E-state index < -0.39 is 10.2 Å². The molecule has 1 N–H and O–H groups in total. The lowest BCUT2D eigenvalue weighted by molar-refractivity contribution is -1.92. The van der Waals surface area contributed by atoms with Crippen LogP contribution in [-0.2, 0) is 13.1 Å². The van der Waals surface area contributed by atoms with E-state index in [4.69, 9.17) is 18.6 Å². The van der Waals surface area contributed by atoms with Gasteiger partial charge in [0.15, 0.2) is 0 Å². The number of piperidine rings is 2. The standard InChI is InChI=1S/C40H58N4.ClHO4/c1-37(2)33-25-36-40(30-42-23-15-8-16-24-42)38(3,4)34(44(36)28-32-19-11-6-12-20-32)26-35(43(33)27-31-17-9-5-10-18-31)39(37,40)29-41-21-13-7-14-22-41;2-1(3,4)5/h5-6,9-12,17-20,33-36H,7-8,13-16,21-30H2,1-4H3;(H,2,3,4,5)/t33-,34-,35+,36+,39-,40+;/m1./s1. The maximum absolute atomic E-state index is 8.60. The van der Waals surface area contributed by atoms with Gasteiger partial charge in [-0.15, -0.1) is 0 Å². The molecule has 2 saturated carbocycles. The van der Waals surface area contributed by atoms with Gasteiger partial charge in [0.05, 0.1) is 14.9 Å². The van der Waals surface area contributed by atoms with Gasteiger partial charge in [0.2, 0.25) is 0 Å². The highest BCUT2D eigenvalue weighted by Crippen LogP contribution is 2.80. The first-order valence-electron chi connectivity index (χ1n) is 19.0. The second kappa shape index (κ2) is 13.4. The molecule has 4 aliphatic heterocycles. The summed E-state index contributed by atoms with van der Waals surface area (Å²) in [6, 6.07) is 25.5. The molecule has 4 heterocycles. The molecule has 6 atom stereocenters. The summed E-state index contributed by atoms with van der Waals surface area (Å²) in [5.74, 6) is 0. The minimum absolute atomic E-state index is 0.251. The van der Waals surface area contributed by atoms with Gasteiger partial charge >= 0.3 is 0 Å². The third-order valence-electron chi connectivity index (χ3n) is 14.7. The average molecular weight is 695 g/mol. The van der Waals surface area contributed by atoms with Gasteiger partial charge in [-0.2, -0.15) is 14.0 Å². The monoisotopic (exact) mass is 694 g/mol. The van der Waals surface area contributed by atoms with Gasteiger partial charge in [-0.25, -0.2) is 0 Å². The number of nitrogens with zero attached hydrogens (tertiary/aromatic N) is 4. The highest BCUT2D eigenvalue weighted by molar-refractivity contribution is 5.38. The largest absolute Gasteiger partial charge is 0.303 e. The molecule has 49 heavy (non-hydrogen) atoms. The van der Waals surface area contributed by atoms with E-state index >= 15 is 0 Å². The van der Waals surface area contributed by atoms with Crippen molar-refractivity contribution in [3.63, 3.8) is 0 Å². The smallest absolute Gasteiger partial charge is 0.0777 e. The molecule has 2 aromatic carbocycles. The molecule has 8 nitrogen and oxygen atoms in total. The van der Waals surface area contributed by atoms with E-state index in [0.717, 1.165) is 13.1 Å². The van der Waals surface area contributed by atoms with Crippen LogP contribution in [0.15, 0.2) is 60.7 Å². The Bertz CT molecular complexity index is 1300. The summed E-state index contributed by atoms with van der Waals surface area (Å²) in [7, 11) is -4.69. The fourth-order valence-electron chi connectivity index (χ4n) is 12.9. The Labute approximate surface area is 296 Å². The molecule has 6 fully saturated rings. The molecule has 4 bridgehead atoms. The van der Waals surface area contributed by atoms with Crippen LogP contribution in [0.2, 0.25) is 0 Å². The minimum Gasteiger partial charge on any atom is -0.303 e. The zero-order chi connectivity index (χ0) is 34.7. The Morgan fingerprint density at radius 2 is 0.898 bits per heavy atom. The van der Waals surface area contributed by atoms with Crippen molar-refractivity contribution in [2.45, 2.75) is 116 Å². The number of likely N-dealkylation sites (tertiary alicyclic amines) is 4. The van der Waals surface area contributed by atoms with Crippen molar-refractivity contribution in [2.24, 2.45) is 21.7 Å². The second-order valence-corrected chi connectivity index (χ2v) is 18.1. The first-order chi connectivity index (χ1) is 23.3. The molecule has 9 heteroatoms. The minimum atomic E-state index is -4.69. The van der Waals surface area contributed by atoms with Crippen molar-refractivity contribution in [1.29, 1.82) is 0 Å². The zero-order valence-corrected chi connectivity index (χ0v) is 31.0. The normalized spacial score (nSPS) is 35.7. The summed E-state index contributed by atoms with van der Waals surface area (Å²) in [5, 5.41) is 0. The van der Waals surface area contributed by atoms with E-state index in [1.807, 2.05) is 0 Å². The maximum atomic E-state index is 8.60. The van der Waals surface area contributed by atoms with E-state index in [1.165, 1.54) is 102 Å². The van der Waals surface area contributed by atoms with Crippen LogP contribution in [0.3, 0.4) is 0 Å². The molecule has 0 aromatic heterocycles. The van der Waals surface area contributed by atoms with Crippen LogP contribution in [0.5, 0.6) is 0 Å². The molecule has 270 valence electrons. The molecule has 0 amide bonds. The molecule has 2 aromatic rings. The quantitative estimate of drug-likeness (QED) is 0.450. The Morgan fingerprint density at radius 1 is 0.571 bits per heavy atom. The van der Waals surface area contributed by atoms with E-state index in [2.05, 4.69) is 108 Å². The second-order valence-electron chi connectivity index (χ2n) is 17.3. The topological polar surface area (TPSA) is 102 Å². The molecular formula is C40H59ClN4O4. The van der Waals surface area contributed by atoms with E-state index in [1.54, 1.807) is 0 Å². The van der Waals surface area contributed by atoms with Gasteiger partial charge in [0, 0.05) is 61.2 Å². The van der Waals surface area contributed by atoms with Crippen LogP contribution >= 0.6 is 0 Å². The van der Waals surface area contributed by atoms with Crippen LogP contribution < -0.4 is 14.0 Å². The zero-order valence-electron chi connectivity index (χ0n) is 30.2. The third-order valence-corrected chi connectivity index (χ3v) is 14.7. The van der Waals surface area contributed by atoms with Crippen molar-refractivity contribution in [2.75, 3.05) is 39.3 Å². The van der Waals surface area contributed by atoms with E-state index in [0.29, 0.717) is 24.2 Å². The van der Waals surface area contributed by atoms with Gasteiger partial charge in [-0.3, -0.25) is 9.80 Å². The lowest BCUT2D eigenvalue weighted by Gasteiger charge is -2.69. The number of benzene rings is 2. The Kier molecular flexibility index (Phi) is 9.81. The van der Waals surface area contributed by atoms with Gasteiger partial charge in [0.1, 0.15) is 0 Å². The molecule has 0 unspecified atom stereocenters. The third kappa shape index (κ3) is 6.01. The van der Waals surface area contributed by atoms with E-state index in [-0.39, 0.29) is 21.7 Å². The van der Waals surface area contributed by atoms with Gasteiger partial charge in [-0.1, -0.05) is 101 Å². The van der Waals surface area contributed by atoms with Crippen molar-refractivity contribution in [1.82, 2.24) is 19.6 Å². The highest BCUT2D eigenvalue weighted by Gasteiger charge is 2.85. The molecule has 0 spiro atoms. The predicted molar refractivity (Wildman–Crippen MR) is 184 cm³/mol. The lowest BCUT2D eigenvalue weighted by Crippen LogP contribution is -2.74. The van der Waals surface area contributed by atoms with Gasteiger partial charge in [0.25, 0.3) is 0 Å². The van der Waals surface area contributed by atoms with Crippen LogP contribution in [-0.4, -0.2) is 87.7 Å². The van der Waals surface area contributed by atoms with Crippen molar-refractivity contribution in [3.8, 4) is 0 Å². The van der Waals surface area contributed by atoms with E-state index in [9.17, 15) is 0 Å². The SMILES string of the molecule is CC1(C)[C@H]2C[C@@H]3N(Cc4ccccc4)[C@@H]4C[C@H](N2Cc2ccccc2)[C@]1(CN1CCCCC1)[C@@]3(CN1CCCCC1)C4(C)C.[O-][Cl+3]([O-])([O-])O. The van der Waals surface area contributed by atoms with Gasteiger partial charge < -0.3 is 9.80 Å². The van der Waals surface area contributed by atoms with Crippen molar-refractivity contribution in [3.05, 3.63) is 71.8 Å². The molecular weight excluding hydrogens is 636 g/mol. The molecule has 0 radical (unpaired) electrons. The number of halogens is 1. The lowest BCUT2D eigenvalue weighted by atomic mass is 9.35. The molecule has 8 rings (SSSR count).